The van der Waals surface area contributed by atoms with Crippen molar-refractivity contribution in [2.45, 2.75) is 102 Å². The number of phosphoric ester groups is 1. The topological polar surface area (TPSA) is 289 Å². The van der Waals surface area contributed by atoms with Gasteiger partial charge < -0.3 is 34.3 Å². The predicted octanol–water partition coefficient (Wildman–Crippen LogP) is 3.24. The highest BCUT2D eigenvalue weighted by Crippen LogP contribution is 2.52. The molecule has 0 bridgehead atoms. The molecule has 24 heteroatoms. The standard InChI is InChI=1S/C37H49N10O12PSi/c1-19(2)32(50)44-36-43-31-26(34(52)45-36)41-18-47(31)35-28(27(22(14-48)57-35)59-61(6,7)37(3,4)5)58-60(53,54)55-15-23-21(49)13-24(56-23)46-17-40-25-29(38-16-39-30(25)46)42-33(51)20-11-9-8-10-12-20/h8-12,16-19,21-24,27-28,35,48-49H,13-15H2,1-7H3,(H,53,54)(H,38,39,42,51)(H2,43,44,45,50,52)/t21-,22+,23+,24+,27+,28+,35+/m0/s1. The van der Waals surface area contributed by atoms with Crippen LogP contribution in [0.1, 0.15) is 63.9 Å². The fraction of sp³-hybridized carbons (Fsp3) is 0.514. The molecule has 0 aliphatic carbocycles. The van der Waals surface area contributed by atoms with Crippen molar-refractivity contribution in [2.75, 3.05) is 23.8 Å². The van der Waals surface area contributed by atoms with Gasteiger partial charge in [-0.2, -0.15) is 4.98 Å². The lowest BCUT2D eigenvalue weighted by Crippen LogP contribution is -2.50. The lowest BCUT2D eigenvalue weighted by Gasteiger charge is -2.40. The van der Waals surface area contributed by atoms with E-state index in [2.05, 4.69) is 40.5 Å². The molecule has 2 aliphatic heterocycles. The smallest absolute Gasteiger partial charge is 0.408 e. The number of carbonyl (C=O) groups excluding carboxylic acids is 2. The summed E-state index contributed by atoms with van der Waals surface area (Å²) >= 11 is 0. The Morgan fingerprint density at radius 3 is 2.39 bits per heavy atom. The van der Waals surface area contributed by atoms with Crippen LogP contribution in [0.4, 0.5) is 11.8 Å². The highest BCUT2D eigenvalue weighted by Gasteiger charge is 2.54. The molecule has 2 amide bonds. The average molecular weight is 885 g/mol. The second kappa shape index (κ2) is 17.2. The summed E-state index contributed by atoms with van der Waals surface area (Å²) in [4.78, 5) is 73.6. The molecular weight excluding hydrogens is 836 g/mol. The van der Waals surface area contributed by atoms with E-state index < -0.39 is 95.6 Å². The number of amides is 2. The number of aromatic amines is 1. The lowest BCUT2D eigenvalue weighted by atomic mass is 10.1. The van der Waals surface area contributed by atoms with E-state index in [1.165, 1.54) is 23.5 Å². The summed E-state index contributed by atoms with van der Waals surface area (Å²) in [6, 6.07) is 8.56. The molecule has 0 radical (unpaired) electrons. The summed E-state index contributed by atoms with van der Waals surface area (Å²) in [7, 11) is -7.80. The normalized spacial score (nSPS) is 24.4. The van der Waals surface area contributed by atoms with Crippen LogP contribution in [-0.4, -0.2) is 118 Å². The number of aliphatic hydroxyl groups excluding tert-OH is 2. The molecule has 4 aromatic heterocycles. The lowest BCUT2D eigenvalue weighted by molar-refractivity contribution is -0.118. The van der Waals surface area contributed by atoms with Crippen molar-refractivity contribution < 1.29 is 52.2 Å². The van der Waals surface area contributed by atoms with E-state index in [4.69, 9.17) is 22.9 Å². The number of anilines is 2. The number of aromatic nitrogens is 8. The molecule has 2 saturated heterocycles. The van der Waals surface area contributed by atoms with Gasteiger partial charge in [-0.1, -0.05) is 52.8 Å². The van der Waals surface area contributed by atoms with Gasteiger partial charge in [0.1, 0.15) is 37.0 Å². The largest absolute Gasteiger partial charge is 0.472 e. The Morgan fingerprint density at radius 1 is 1.00 bits per heavy atom. The van der Waals surface area contributed by atoms with Crippen LogP contribution in [0.25, 0.3) is 22.3 Å². The number of H-pyrrole nitrogens is 1. The minimum absolute atomic E-state index is 0.0182. The Kier molecular flexibility index (Phi) is 12.4. The maximum Gasteiger partial charge on any atom is 0.472 e. The van der Waals surface area contributed by atoms with Crippen LogP contribution in [0.15, 0.2) is 54.1 Å². The zero-order valence-electron chi connectivity index (χ0n) is 34.5. The number of hydrogen-bond acceptors (Lipinski definition) is 16. The number of fused-ring (bicyclic) bond motifs is 2. The van der Waals surface area contributed by atoms with E-state index in [9.17, 15) is 34.1 Å². The van der Waals surface area contributed by atoms with Crippen molar-refractivity contribution in [2.24, 2.45) is 5.92 Å². The molecular formula is C37H49N10O12PSi. The van der Waals surface area contributed by atoms with Gasteiger partial charge in [-0.15, -0.1) is 0 Å². The third-order valence-electron chi connectivity index (χ3n) is 11.0. The Balaban J connectivity index is 1.11. The van der Waals surface area contributed by atoms with E-state index in [-0.39, 0.29) is 39.9 Å². The molecule has 6 heterocycles. The number of carbonyl (C=O) groups is 2. The summed E-state index contributed by atoms with van der Waals surface area (Å²) in [5.41, 5.74) is 0.111. The Morgan fingerprint density at radius 2 is 1.70 bits per heavy atom. The third-order valence-corrected chi connectivity index (χ3v) is 16.4. The SMILES string of the molecule is CC(C)C(=O)Nc1nc2c(ncn2[C@@H]2O[C@H](CO)[C@@H](O[Si](C)(C)C(C)(C)C)[C@H]2OP(=O)(O)OC[C@H]2O[C@@H](n3cnc4c(NC(=O)c5ccccc5)ncnc43)C[C@@H]2O)c(=O)[nH]1. The molecule has 328 valence electrons. The van der Waals surface area contributed by atoms with E-state index in [0.29, 0.717) is 11.2 Å². The highest BCUT2D eigenvalue weighted by molar-refractivity contribution is 7.47. The van der Waals surface area contributed by atoms with E-state index >= 15 is 0 Å². The molecule has 8 atom stereocenters. The number of benzene rings is 1. The van der Waals surface area contributed by atoms with E-state index in [0.717, 1.165) is 0 Å². The molecule has 7 rings (SSSR count). The van der Waals surface area contributed by atoms with Gasteiger partial charge in [-0.3, -0.25) is 42.9 Å². The van der Waals surface area contributed by atoms with Gasteiger partial charge in [0.05, 0.1) is 32.0 Å². The first-order valence-electron chi connectivity index (χ1n) is 19.5. The molecule has 0 saturated carbocycles. The Bertz CT molecular complexity index is 2510. The van der Waals surface area contributed by atoms with Gasteiger partial charge in [0.15, 0.2) is 42.7 Å². The molecule has 1 unspecified atom stereocenters. The van der Waals surface area contributed by atoms with Crippen LogP contribution >= 0.6 is 7.82 Å². The number of nitrogens with one attached hydrogen (secondary N) is 3. The van der Waals surface area contributed by atoms with Crippen LogP contribution in [0, 0.1) is 5.92 Å². The maximum absolute atomic E-state index is 13.9. The van der Waals surface area contributed by atoms with Crippen LogP contribution in [0.5, 0.6) is 0 Å². The van der Waals surface area contributed by atoms with Crippen LogP contribution in [0.2, 0.25) is 18.1 Å². The molecule has 5 aromatic rings. The zero-order chi connectivity index (χ0) is 44.0. The summed E-state index contributed by atoms with van der Waals surface area (Å²) in [6.07, 6.45) is -4.30. The molecule has 0 spiro atoms. The summed E-state index contributed by atoms with van der Waals surface area (Å²) in [5.74, 6) is -1.26. The van der Waals surface area contributed by atoms with E-state index in [1.807, 2.05) is 33.9 Å². The second-order valence-electron chi connectivity index (χ2n) is 16.6. The van der Waals surface area contributed by atoms with Crippen molar-refractivity contribution >= 4 is 62.0 Å². The second-order valence-corrected chi connectivity index (χ2v) is 22.8. The number of ether oxygens (including phenoxy) is 2. The Labute approximate surface area is 349 Å². The molecule has 1 aromatic carbocycles. The van der Waals surface area contributed by atoms with Crippen molar-refractivity contribution in [1.29, 1.82) is 0 Å². The van der Waals surface area contributed by atoms with Gasteiger partial charge in [0.2, 0.25) is 11.9 Å². The maximum atomic E-state index is 13.9. The third kappa shape index (κ3) is 9.21. The van der Waals surface area contributed by atoms with Gasteiger partial charge in [-0.25, -0.2) is 24.5 Å². The van der Waals surface area contributed by atoms with Gasteiger partial charge in [0.25, 0.3) is 11.5 Å². The molecule has 6 N–H and O–H groups in total. The Hall–Kier alpha value is -4.81. The first kappa shape index (κ1) is 44.2. The number of phosphoric acid groups is 1. The van der Waals surface area contributed by atoms with Gasteiger partial charge in [-0.05, 0) is 30.3 Å². The van der Waals surface area contributed by atoms with E-state index in [1.54, 1.807) is 48.7 Å². The van der Waals surface area contributed by atoms with Crippen molar-refractivity contribution in [3.8, 4) is 0 Å². The van der Waals surface area contributed by atoms with Gasteiger partial charge in [0, 0.05) is 17.9 Å². The number of nitrogens with zero attached hydrogens (tertiary/aromatic N) is 7. The minimum atomic E-state index is -5.09. The monoisotopic (exact) mass is 884 g/mol. The van der Waals surface area contributed by atoms with Crippen LogP contribution in [0.3, 0.4) is 0 Å². The molecule has 22 nitrogen and oxygen atoms in total. The number of aliphatic hydroxyl groups is 2. The average Bonchev–Trinajstić information content (AvgIpc) is 3.98. The minimum Gasteiger partial charge on any atom is -0.408 e. The number of imidazole rings is 2. The molecule has 61 heavy (non-hydrogen) atoms. The number of hydrogen-bond donors (Lipinski definition) is 6. The first-order chi connectivity index (χ1) is 28.8. The quantitative estimate of drug-likeness (QED) is 0.0689. The predicted molar refractivity (Wildman–Crippen MR) is 220 cm³/mol. The zero-order valence-corrected chi connectivity index (χ0v) is 36.3. The fourth-order valence-electron chi connectivity index (χ4n) is 6.59. The summed E-state index contributed by atoms with van der Waals surface area (Å²) in [6.45, 7) is 12.0. The molecule has 2 fully saturated rings. The van der Waals surface area contributed by atoms with Crippen molar-refractivity contribution in [3.05, 3.63) is 65.2 Å². The fourth-order valence-corrected chi connectivity index (χ4v) is 8.84. The van der Waals surface area contributed by atoms with Crippen LogP contribution < -0.4 is 16.2 Å². The summed E-state index contributed by atoms with van der Waals surface area (Å²) < 4.78 is 47.1. The first-order valence-corrected chi connectivity index (χ1v) is 23.9. The van der Waals surface area contributed by atoms with Crippen LogP contribution in [-0.2, 0) is 32.3 Å². The van der Waals surface area contributed by atoms with Crippen molar-refractivity contribution in [3.63, 3.8) is 0 Å². The van der Waals surface area contributed by atoms with Gasteiger partial charge >= 0.3 is 7.82 Å². The molecule has 2 aliphatic rings. The van der Waals surface area contributed by atoms with Crippen molar-refractivity contribution in [1.82, 2.24) is 39.0 Å². The highest BCUT2D eigenvalue weighted by atomic mass is 31.2. The summed E-state index contributed by atoms with van der Waals surface area (Å²) in [5, 5.41) is 26.5. The number of rotatable bonds is 14.